The predicted octanol–water partition coefficient (Wildman–Crippen LogP) is 2.53. The Morgan fingerprint density at radius 1 is 1.33 bits per heavy atom. The number of rotatable bonds is 3. The van der Waals surface area contributed by atoms with Gasteiger partial charge in [-0.1, -0.05) is 6.07 Å². The molecule has 4 heterocycles. The lowest BCUT2D eigenvalue weighted by Crippen LogP contribution is -2.51. The summed E-state index contributed by atoms with van der Waals surface area (Å²) < 4.78 is 6.06. The Kier molecular flexibility index (Phi) is 5.17. The van der Waals surface area contributed by atoms with Crippen LogP contribution in [0, 0.1) is 11.8 Å². The van der Waals surface area contributed by atoms with Crippen molar-refractivity contribution in [1.29, 1.82) is 0 Å². The van der Waals surface area contributed by atoms with Crippen molar-refractivity contribution in [2.45, 2.75) is 38.3 Å². The molecule has 1 aromatic heterocycles. The molecular formula is C18H26N2O3S. The summed E-state index contributed by atoms with van der Waals surface area (Å²) in [6, 6.07) is 4.32. The highest BCUT2D eigenvalue weighted by atomic mass is 32.1. The van der Waals surface area contributed by atoms with E-state index in [9.17, 15) is 4.79 Å². The lowest BCUT2D eigenvalue weighted by atomic mass is 9.83. The number of nitrogens with zero attached hydrogens (tertiary/aromatic N) is 2. The lowest BCUT2D eigenvalue weighted by Gasteiger charge is -2.43. The molecule has 6 heteroatoms. The number of carbonyl (C=O) groups is 1. The molecule has 24 heavy (non-hydrogen) atoms. The molecule has 0 aliphatic carbocycles. The van der Waals surface area contributed by atoms with E-state index in [-0.39, 0.29) is 11.8 Å². The van der Waals surface area contributed by atoms with Crippen LogP contribution in [0.3, 0.4) is 0 Å². The first kappa shape index (κ1) is 16.5. The first-order chi connectivity index (χ1) is 11.8. The maximum atomic E-state index is 12.7. The average molecular weight is 350 g/mol. The minimum atomic E-state index is -0.0361. The van der Waals surface area contributed by atoms with Crippen LogP contribution in [0.15, 0.2) is 17.5 Å². The van der Waals surface area contributed by atoms with E-state index in [0.29, 0.717) is 25.2 Å². The summed E-state index contributed by atoms with van der Waals surface area (Å²) >= 11 is 1.82. The van der Waals surface area contributed by atoms with Gasteiger partial charge in [-0.05, 0) is 43.0 Å². The molecule has 1 amide bonds. The number of likely N-dealkylation sites (tertiary alicyclic amines) is 1. The molecule has 3 aliphatic heterocycles. The van der Waals surface area contributed by atoms with Gasteiger partial charge in [0, 0.05) is 31.1 Å². The topological polar surface area (TPSA) is 42.0 Å². The normalized spacial score (nSPS) is 31.7. The Labute approximate surface area is 147 Å². The summed E-state index contributed by atoms with van der Waals surface area (Å²) in [4.78, 5) is 22.1. The number of hydroxylamine groups is 2. The minimum absolute atomic E-state index is 0.0361. The highest BCUT2D eigenvalue weighted by molar-refractivity contribution is 7.09. The SMILES string of the molecule is O=C([C@@H]1CO[C@@H]2CCN(Cc3cccs3)C[C@@H]2C1)N1CCCCO1. The van der Waals surface area contributed by atoms with Crippen molar-refractivity contribution in [2.24, 2.45) is 11.8 Å². The molecule has 0 aromatic carbocycles. The molecule has 4 rings (SSSR count). The van der Waals surface area contributed by atoms with E-state index in [1.807, 2.05) is 11.3 Å². The number of ether oxygens (including phenoxy) is 1. The molecule has 3 atom stereocenters. The number of thiophene rings is 1. The summed E-state index contributed by atoms with van der Waals surface area (Å²) in [5.41, 5.74) is 0. The maximum Gasteiger partial charge on any atom is 0.251 e. The van der Waals surface area contributed by atoms with Crippen molar-refractivity contribution in [1.82, 2.24) is 9.96 Å². The minimum Gasteiger partial charge on any atom is -0.377 e. The van der Waals surface area contributed by atoms with Gasteiger partial charge >= 0.3 is 0 Å². The smallest absolute Gasteiger partial charge is 0.251 e. The van der Waals surface area contributed by atoms with E-state index >= 15 is 0 Å². The second-order valence-electron chi connectivity index (χ2n) is 7.15. The van der Waals surface area contributed by atoms with Crippen LogP contribution in [0.25, 0.3) is 0 Å². The fourth-order valence-corrected chi connectivity index (χ4v) is 4.86. The molecule has 0 unspecified atom stereocenters. The molecule has 0 N–H and O–H groups in total. The Bertz CT molecular complexity index is 544. The highest BCUT2D eigenvalue weighted by Gasteiger charge is 2.39. The molecule has 3 aliphatic rings. The highest BCUT2D eigenvalue weighted by Crippen LogP contribution is 2.33. The van der Waals surface area contributed by atoms with Crippen LogP contribution in [0.4, 0.5) is 0 Å². The van der Waals surface area contributed by atoms with Gasteiger partial charge in [-0.3, -0.25) is 14.5 Å². The molecule has 3 fully saturated rings. The maximum absolute atomic E-state index is 12.7. The van der Waals surface area contributed by atoms with E-state index in [1.54, 1.807) is 5.06 Å². The Balaban J connectivity index is 1.34. The molecule has 0 bridgehead atoms. The average Bonchev–Trinajstić information content (AvgIpc) is 3.14. The third-order valence-electron chi connectivity index (χ3n) is 5.40. The van der Waals surface area contributed by atoms with E-state index < -0.39 is 0 Å². The fourth-order valence-electron chi connectivity index (χ4n) is 4.12. The summed E-state index contributed by atoms with van der Waals surface area (Å²) in [6.07, 6.45) is 4.44. The fraction of sp³-hybridized carbons (Fsp3) is 0.722. The van der Waals surface area contributed by atoms with Crippen molar-refractivity contribution in [3.05, 3.63) is 22.4 Å². The van der Waals surface area contributed by atoms with Gasteiger partial charge in [-0.2, -0.15) is 0 Å². The van der Waals surface area contributed by atoms with Gasteiger partial charge in [0.05, 0.1) is 25.2 Å². The van der Waals surface area contributed by atoms with E-state index in [2.05, 4.69) is 22.4 Å². The van der Waals surface area contributed by atoms with Crippen molar-refractivity contribution in [3.63, 3.8) is 0 Å². The quantitative estimate of drug-likeness (QED) is 0.840. The summed E-state index contributed by atoms with van der Waals surface area (Å²) in [5, 5.41) is 3.73. The van der Waals surface area contributed by atoms with E-state index in [0.717, 1.165) is 51.9 Å². The van der Waals surface area contributed by atoms with Gasteiger partial charge in [-0.15, -0.1) is 11.3 Å². The standard InChI is InChI=1S/C18H26N2O3S/c21-18(20-6-1-2-8-23-20)15-10-14-11-19(7-5-17(14)22-13-15)12-16-4-3-9-24-16/h3-4,9,14-15,17H,1-2,5-8,10-13H2/t14-,15-,17+/m0/s1. The largest absolute Gasteiger partial charge is 0.377 e. The molecule has 3 saturated heterocycles. The first-order valence-corrected chi connectivity index (χ1v) is 9.98. The number of carbonyl (C=O) groups excluding carboxylic acids is 1. The summed E-state index contributed by atoms with van der Waals surface area (Å²) in [5.74, 6) is 0.556. The number of hydrogen-bond donors (Lipinski definition) is 0. The second kappa shape index (κ2) is 7.52. The molecule has 0 saturated carbocycles. The van der Waals surface area contributed by atoms with Crippen LogP contribution in [0.1, 0.15) is 30.6 Å². The van der Waals surface area contributed by atoms with Crippen LogP contribution in [-0.4, -0.2) is 54.8 Å². The van der Waals surface area contributed by atoms with Crippen molar-refractivity contribution in [2.75, 3.05) is 32.8 Å². The molecule has 5 nitrogen and oxygen atoms in total. The number of fused-ring (bicyclic) bond motifs is 1. The van der Waals surface area contributed by atoms with Gasteiger partial charge in [-0.25, -0.2) is 5.06 Å². The van der Waals surface area contributed by atoms with Crippen LogP contribution in [0.2, 0.25) is 0 Å². The zero-order valence-electron chi connectivity index (χ0n) is 14.1. The van der Waals surface area contributed by atoms with Crippen LogP contribution < -0.4 is 0 Å². The van der Waals surface area contributed by atoms with E-state index in [1.165, 1.54) is 4.88 Å². The van der Waals surface area contributed by atoms with Gasteiger partial charge in [0.15, 0.2) is 0 Å². The third kappa shape index (κ3) is 3.67. The molecule has 0 radical (unpaired) electrons. The predicted molar refractivity (Wildman–Crippen MR) is 92.4 cm³/mol. The Morgan fingerprint density at radius 3 is 3.08 bits per heavy atom. The number of piperidine rings is 1. The molecule has 0 spiro atoms. The van der Waals surface area contributed by atoms with Crippen molar-refractivity contribution >= 4 is 17.2 Å². The number of amides is 1. The first-order valence-electron chi connectivity index (χ1n) is 9.10. The summed E-state index contributed by atoms with van der Waals surface area (Å²) in [6.45, 7) is 5.10. The Morgan fingerprint density at radius 2 is 2.29 bits per heavy atom. The number of hydrogen-bond acceptors (Lipinski definition) is 5. The van der Waals surface area contributed by atoms with Crippen molar-refractivity contribution in [3.8, 4) is 0 Å². The van der Waals surface area contributed by atoms with Crippen LogP contribution in [0.5, 0.6) is 0 Å². The van der Waals surface area contributed by atoms with Gasteiger partial charge in [0.1, 0.15) is 0 Å². The third-order valence-corrected chi connectivity index (χ3v) is 6.27. The zero-order valence-corrected chi connectivity index (χ0v) is 14.9. The van der Waals surface area contributed by atoms with Gasteiger partial charge < -0.3 is 4.74 Å². The van der Waals surface area contributed by atoms with Gasteiger partial charge in [0.2, 0.25) is 0 Å². The lowest BCUT2D eigenvalue weighted by molar-refractivity contribution is -0.208. The second-order valence-corrected chi connectivity index (χ2v) is 8.18. The zero-order chi connectivity index (χ0) is 16.4. The van der Waals surface area contributed by atoms with Crippen LogP contribution in [-0.2, 0) is 20.9 Å². The van der Waals surface area contributed by atoms with Crippen molar-refractivity contribution < 1.29 is 14.4 Å². The molecule has 132 valence electrons. The van der Waals surface area contributed by atoms with E-state index in [4.69, 9.17) is 9.57 Å². The summed E-state index contributed by atoms with van der Waals surface area (Å²) in [7, 11) is 0. The van der Waals surface area contributed by atoms with Crippen LogP contribution >= 0.6 is 11.3 Å². The Hall–Kier alpha value is -0.950. The molecule has 1 aromatic rings. The monoisotopic (exact) mass is 350 g/mol. The molecular weight excluding hydrogens is 324 g/mol. The van der Waals surface area contributed by atoms with Gasteiger partial charge in [0.25, 0.3) is 5.91 Å².